The van der Waals surface area contributed by atoms with E-state index in [9.17, 15) is 10.1 Å². The number of hydrogen-bond acceptors (Lipinski definition) is 5. The van der Waals surface area contributed by atoms with Crippen LogP contribution in [0.2, 0.25) is 0 Å². The minimum absolute atomic E-state index is 0.0763. The first kappa shape index (κ1) is 12.0. The molecule has 0 amide bonds. The van der Waals surface area contributed by atoms with Crippen LogP contribution in [0.25, 0.3) is 0 Å². The number of rotatable bonds is 4. The Labute approximate surface area is 104 Å². The lowest BCUT2D eigenvalue weighted by atomic mass is 10.1. The summed E-state index contributed by atoms with van der Waals surface area (Å²) < 4.78 is 0. The molecule has 0 spiro atoms. The van der Waals surface area contributed by atoms with Crippen molar-refractivity contribution in [1.29, 1.82) is 0 Å². The number of hydrogen-bond donors (Lipinski definition) is 1. The molecule has 0 atom stereocenters. The molecule has 0 aliphatic rings. The molecule has 6 heteroatoms. The summed E-state index contributed by atoms with van der Waals surface area (Å²) in [7, 11) is 0. The van der Waals surface area contributed by atoms with Crippen molar-refractivity contribution in [2.24, 2.45) is 0 Å². The van der Waals surface area contributed by atoms with Crippen LogP contribution >= 0.6 is 0 Å². The van der Waals surface area contributed by atoms with Gasteiger partial charge in [0.25, 0.3) is 5.69 Å². The third-order valence-corrected chi connectivity index (χ3v) is 2.53. The average molecular weight is 244 g/mol. The quantitative estimate of drug-likeness (QED) is 0.659. The number of anilines is 1. The van der Waals surface area contributed by atoms with E-state index < -0.39 is 4.92 Å². The van der Waals surface area contributed by atoms with Gasteiger partial charge in [-0.2, -0.15) is 0 Å². The van der Waals surface area contributed by atoms with Crippen LogP contribution in [0.5, 0.6) is 0 Å². The van der Waals surface area contributed by atoms with Crippen molar-refractivity contribution in [3.8, 4) is 0 Å². The summed E-state index contributed by atoms with van der Waals surface area (Å²) in [5.74, 6) is 0. The molecule has 2 aromatic rings. The molecule has 92 valence electrons. The lowest BCUT2D eigenvalue weighted by molar-refractivity contribution is -0.384. The fraction of sp³-hybridized carbons (Fsp3) is 0.167. The fourth-order valence-corrected chi connectivity index (χ4v) is 1.53. The van der Waals surface area contributed by atoms with Gasteiger partial charge in [0.15, 0.2) is 0 Å². The van der Waals surface area contributed by atoms with Gasteiger partial charge in [0.05, 0.1) is 4.92 Å². The number of nitro benzene ring substituents is 1. The minimum Gasteiger partial charge on any atom is -0.380 e. The Morgan fingerprint density at radius 3 is 2.72 bits per heavy atom. The Balaban J connectivity index is 2.14. The van der Waals surface area contributed by atoms with E-state index in [1.165, 1.54) is 18.5 Å². The largest absolute Gasteiger partial charge is 0.380 e. The van der Waals surface area contributed by atoms with Gasteiger partial charge in [-0.15, -0.1) is 0 Å². The Bertz CT molecular complexity index is 557. The topological polar surface area (TPSA) is 81.0 Å². The van der Waals surface area contributed by atoms with Gasteiger partial charge in [0.2, 0.25) is 0 Å². The molecule has 0 radical (unpaired) electrons. The van der Waals surface area contributed by atoms with Crippen LogP contribution in [-0.4, -0.2) is 14.9 Å². The normalized spacial score (nSPS) is 10.1. The molecule has 1 N–H and O–H groups in total. The van der Waals surface area contributed by atoms with Crippen molar-refractivity contribution in [3.05, 3.63) is 58.2 Å². The van der Waals surface area contributed by atoms with Gasteiger partial charge in [-0.3, -0.25) is 10.1 Å². The van der Waals surface area contributed by atoms with Crippen molar-refractivity contribution >= 4 is 11.4 Å². The minimum atomic E-state index is -0.406. The van der Waals surface area contributed by atoms with Gasteiger partial charge in [-0.1, -0.05) is 6.07 Å². The van der Waals surface area contributed by atoms with E-state index in [0.29, 0.717) is 6.54 Å². The highest BCUT2D eigenvalue weighted by atomic mass is 16.6. The highest BCUT2D eigenvalue weighted by molar-refractivity contribution is 5.56. The molecular formula is C12H12N4O2. The lowest BCUT2D eigenvalue weighted by Crippen LogP contribution is -2.02. The number of aromatic nitrogens is 2. The standard InChI is InChI=1S/C12H12N4O2/c1-9-2-3-11(16(17)18)4-12(9)15-7-10-5-13-8-14-6-10/h2-6,8,15H,7H2,1H3. The number of nitro groups is 1. The zero-order valence-electron chi connectivity index (χ0n) is 9.83. The van der Waals surface area contributed by atoms with E-state index in [1.807, 2.05) is 6.92 Å². The van der Waals surface area contributed by atoms with Gasteiger partial charge in [-0.25, -0.2) is 9.97 Å². The number of benzene rings is 1. The monoisotopic (exact) mass is 244 g/mol. The summed E-state index contributed by atoms with van der Waals surface area (Å²) in [6.07, 6.45) is 4.86. The smallest absolute Gasteiger partial charge is 0.271 e. The second kappa shape index (κ2) is 5.22. The Kier molecular flexibility index (Phi) is 3.47. The third kappa shape index (κ3) is 2.79. The highest BCUT2D eigenvalue weighted by Crippen LogP contribution is 2.22. The molecule has 1 aromatic carbocycles. The summed E-state index contributed by atoms with van der Waals surface area (Å²) in [4.78, 5) is 18.1. The molecule has 0 bridgehead atoms. The van der Waals surface area contributed by atoms with Crippen LogP contribution in [0.4, 0.5) is 11.4 Å². The summed E-state index contributed by atoms with van der Waals surface area (Å²) in [6, 6.07) is 4.74. The Morgan fingerprint density at radius 1 is 1.33 bits per heavy atom. The van der Waals surface area contributed by atoms with E-state index >= 15 is 0 Å². The maximum atomic E-state index is 10.7. The van der Waals surface area contributed by atoms with E-state index in [4.69, 9.17) is 0 Å². The molecule has 1 aromatic heterocycles. The summed E-state index contributed by atoms with van der Waals surface area (Å²) in [6.45, 7) is 2.43. The molecule has 18 heavy (non-hydrogen) atoms. The van der Waals surface area contributed by atoms with Crippen molar-refractivity contribution in [3.63, 3.8) is 0 Å². The maximum absolute atomic E-state index is 10.7. The van der Waals surface area contributed by atoms with Gasteiger partial charge in [-0.05, 0) is 12.5 Å². The molecule has 0 unspecified atom stereocenters. The van der Waals surface area contributed by atoms with Crippen molar-refractivity contribution in [1.82, 2.24) is 9.97 Å². The highest BCUT2D eigenvalue weighted by Gasteiger charge is 2.08. The molecule has 0 saturated carbocycles. The number of non-ortho nitro benzene ring substituents is 1. The van der Waals surface area contributed by atoms with Crippen LogP contribution < -0.4 is 5.32 Å². The first-order chi connectivity index (χ1) is 8.66. The van der Waals surface area contributed by atoms with Crippen LogP contribution in [0.15, 0.2) is 36.9 Å². The molecule has 0 saturated heterocycles. The van der Waals surface area contributed by atoms with Crippen molar-refractivity contribution in [2.45, 2.75) is 13.5 Å². The molecule has 0 aliphatic carbocycles. The van der Waals surface area contributed by atoms with Gasteiger partial charge >= 0.3 is 0 Å². The van der Waals surface area contributed by atoms with E-state index in [1.54, 1.807) is 18.5 Å². The third-order valence-electron chi connectivity index (χ3n) is 2.53. The first-order valence-electron chi connectivity index (χ1n) is 5.39. The lowest BCUT2D eigenvalue weighted by Gasteiger charge is -2.08. The average Bonchev–Trinajstić information content (AvgIpc) is 2.38. The fourth-order valence-electron chi connectivity index (χ4n) is 1.53. The summed E-state index contributed by atoms with van der Waals surface area (Å²) in [5, 5.41) is 13.8. The number of nitrogens with one attached hydrogen (secondary N) is 1. The predicted molar refractivity (Wildman–Crippen MR) is 67.2 cm³/mol. The van der Waals surface area contributed by atoms with Crippen molar-refractivity contribution < 1.29 is 4.92 Å². The van der Waals surface area contributed by atoms with E-state index in [2.05, 4.69) is 15.3 Å². The van der Waals surface area contributed by atoms with Gasteiger partial charge < -0.3 is 5.32 Å². The summed E-state index contributed by atoms with van der Waals surface area (Å²) in [5.41, 5.74) is 2.70. The molecule has 0 aliphatic heterocycles. The van der Waals surface area contributed by atoms with Crippen LogP contribution in [0.1, 0.15) is 11.1 Å². The number of nitrogens with zero attached hydrogens (tertiary/aromatic N) is 3. The first-order valence-corrected chi connectivity index (χ1v) is 5.39. The maximum Gasteiger partial charge on any atom is 0.271 e. The predicted octanol–water partition coefficient (Wildman–Crippen LogP) is 2.31. The number of aryl methyl sites for hydroxylation is 1. The van der Waals surface area contributed by atoms with Crippen LogP contribution in [0, 0.1) is 17.0 Å². The van der Waals surface area contributed by atoms with Gasteiger partial charge in [0.1, 0.15) is 6.33 Å². The molecular weight excluding hydrogens is 232 g/mol. The summed E-state index contributed by atoms with van der Waals surface area (Å²) >= 11 is 0. The molecule has 0 fully saturated rings. The van der Waals surface area contributed by atoms with Crippen molar-refractivity contribution in [2.75, 3.05) is 5.32 Å². The molecule has 2 rings (SSSR count). The van der Waals surface area contributed by atoms with E-state index in [0.717, 1.165) is 16.8 Å². The zero-order chi connectivity index (χ0) is 13.0. The van der Waals surface area contributed by atoms with Gasteiger partial charge in [0, 0.05) is 42.3 Å². The van der Waals surface area contributed by atoms with Crippen LogP contribution in [0.3, 0.4) is 0 Å². The SMILES string of the molecule is Cc1ccc([N+](=O)[O-])cc1NCc1cncnc1. The zero-order valence-corrected chi connectivity index (χ0v) is 9.83. The second-order valence-corrected chi connectivity index (χ2v) is 3.86. The Morgan fingerprint density at radius 2 is 2.06 bits per heavy atom. The molecule has 1 heterocycles. The molecule has 6 nitrogen and oxygen atoms in total. The van der Waals surface area contributed by atoms with Crippen LogP contribution in [-0.2, 0) is 6.54 Å². The second-order valence-electron chi connectivity index (χ2n) is 3.86. The van der Waals surface area contributed by atoms with E-state index in [-0.39, 0.29) is 5.69 Å². The Hall–Kier alpha value is -2.50.